The van der Waals surface area contributed by atoms with Crippen molar-refractivity contribution in [3.05, 3.63) is 28.8 Å². The van der Waals surface area contributed by atoms with E-state index in [1.54, 1.807) is 0 Å². The molecule has 2 aliphatic heterocycles. The van der Waals surface area contributed by atoms with Crippen LogP contribution < -0.4 is 10.2 Å². The second kappa shape index (κ2) is 3.69. The second-order valence-electron chi connectivity index (χ2n) is 4.33. The standard InChI is InChI=1S/C12H15ClN2/c13-11-2-1-3-12-10(11)5-4-9-8-14-6-7-15(9)12/h1-3,9,14H,4-8H2. The van der Waals surface area contributed by atoms with Crippen LogP contribution in [0.1, 0.15) is 12.0 Å². The van der Waals surface area contributed by atoms with Crippen LogP contribution in [-0.4, -0.2) is 25.7 Å². The number of anilines is 1. The van der Waals surface area contributed by atoms with E-state index < -0.39 is 0 Å². The molecule has 0 amide bonds. The third-order valence-electron chi connectivity index (χ3n) is 3.48. The summed E-state index contributed by atoms with van der Waals surface area (Å²) in [7, 11) is 0. The highest BCUT2D eigenvalue weighted by Crippen LogP contribution is 2.35. The summed E-state index contributed by atoms with van der Waals surface area (Å²) in [4.78, 5) is 2.52. The van der Waals surface area contributed by atoms with Gasteiger partial charge in [-0.3, -0.25) is 0 Å². The fourth-order valence-corrected chi connectivity index (χ4v) is 2.97. The highest BCUT2D eigenvalue weighted by Gasteiger charge is 2.28. The van der Waals surface area contributed by atoms with E-state index in [-0.39, 0.29) is 0 Å². The van der Waals surface area contributed by atoms with E-state index >= 15 is 0 Å². The normalized spacial score (nSPS) is 24.6. The minimum absolute atomic E-state index is 0.671. The maximum atomic E-state index is 6.23. The van der Waals surface area contributed by atoms with Crippen molar-refractivity contribution in [1.82, 2.24) is 5.32 Å². The van der Waals surface area contributed by atoms with Crippen molar-refractivity contribution < 1.29 is 0 Å². The largest absolute Gasteiger partial charge is 0.366 e. The first-order valence-corrected chi connectivity index (χ1v) is 5.99. The van der Waals surface area contributed by atoms with Gasteiger partial charge in [-0.05, 0) is 30.5 Å². The van der Waals surface area contributed by atoms with Gasteiger partial charge in [0.25, 0.3) is 0 Å². The summed E-state index contributed by atoms with van der Waals surface area (Å²) in [6, 6.07) is 6.94. The van der Waals surface area contributed by atoms with Crippen molar-refractivity contribution in [2.45, 2.75) is 18.9 Å². The number of halogens is 1. The van der Waals surface area contributed by atoms with Crippen molar-refractivity contribution in [3.63, 3.8) is 0 Å². The Kier molecular flexibility index (Phi) is 2.33. The van der Waals surface area contributed by atoms with E-state index in [1.165, 1.54) is 17.7 Å². The molecule has 0 spiro atoms. The molecule has 2 heterocycles. The van der Waals surface area contributed by atoms with Gasteiger partial charge in [0.1, 0.15) is 0 Å². The van der Waals surface area contributed by atoms with Crippen LogP contribution in [0.2, 0.25) is 5.02 Å². The smallest absolute Gasteiger partial charge is 0.0458 e. The average Bonchev–Trinajstić information content (AvgIpc) is 2.29. The molecule has 0 radical (unpaired) electrons. The van der Waals surface area contributed by atoms with Gasteiger partial charge in [0.2, 0.25) is 0 Å². The molecule has 1 N–H and O–H groups in total. The summed E-state index contributed by atoms with van der Waals surface area (Å²) in [5, 5.41) is 4.39. The van der Waals surface area contributed by atoms with E-state index in [0.717, 1.165) is 31.1 Å². The van der Waals surface area contributed by atoms with Crippen LogP contribution in [-0.2, 0) is 6.42 Å². The highest BCUT2D eigenvalue weighted by molar-refractivity contribution is 6.31. The molecular formula is C12H15ClN2. The molecule has 0 bridgehead atoms. The fourth-order valence-electron chi connectivity index (χ4n) is 2.71. The monoisotopic (exact) mass is 222 g/mol. The molecule has 2 aliphatic rings. The number of rotatable bonds is 0. The van der Waals surface area contributed by atoms with E-state index in [0.29, 0.717) is 6.04 Å². The first kappa shape index (κ1) is 9.49. The SMILES string of the molecule is Clc1cccc2c1CCC1CNCCN21. The Balaban J connectivity index is 2.03. The van der Waals surface area contributed by atoms with Crippen LogP contribution in [0, 0.1) is 0 Å². The van der Waals surface area contributed by atoms with Gasteiger partial charge in [0.15, 0.2) is 0 Å². The molecule has 3 heteroatoms. The summed E-state index contributed by atoms with van der Waals surface area (Å²) in [5.41, 5.74) is 2.71. The van der Waals surface area contributed by atoms with E-state index in [9.17, 15) is 0 Å². The van der Waals surface area contributed by atoms with Crippen LogP contribution in [0.25, 0.3) is 0 Å². The van der Waals surface area contributed by atoms with Gasteiger partial charge < -0.3 is 10.2 Å². The van der Waals surface area contributed by atoms with Gasteiger partial charge in [-0.1, -0.05) is 17.7 Å². The molecule has 0 saturated carbocycles. The highest BCUT2D eigenvalue weighted by atomic mass is 35.5. The molecule has 15 heavy (non-hydrogen) atoms. The quantitative estimate of drug-likeness (QED) is 0.723. The number of piperazine rings is 1. The molecule has 1 saturated heterocycles. The molecule has 2 nitrogen and oxygen atoms in total. The van der Waals surface area contributed by atoms with Crippen LogP contribution in [0.5, 0.6) is 0 Å². The third kappa shape index (κ3) is 1.52. The van der Waals surface area contributed by atoms with Crippen molar-refractivity contribution in [3.8, 4) is 0 Å². The van der Waals surface area contributed by atoms with E-state index in [4.69, 9.17) is 11.6 Å². The molecule has 1 aromatic rings. The molecule has 1 aromatic carbocycles. The van der Waals surface area contributed by atoms with Crippen molar-refractivity contribution in [2.24, 2.45) is 0 Å². The van der Waals surface area contributed by atoms with Gasteiger partial charge in [-0.15, -0.1) is 0 Å². The summed E-state index contributed by atoms with van der Waals surface area (Å²) < 4.78 is 0. The number of hydrogen-bond donors (Lipinski definition) is 1. The number of hydrogen-bond acceptors (Lipinski definition) is 2. The fraction of sp³-hybridized carbons (Fsp3) is 0.500. The van der Waals surface area contributed by atoms with E-state index in [2.05, 4.69) is 22.3 Å². The summed E-state index contributed by atoms with van der Waals surface area (Å²) >= 11 is 6.23. The lowest BCUT2D eigenvalue weighted by atomic mass is 9.94. The Labute approximate surface area is 95.2 Å². The molecule has 80 valence electrons. The topological polar surface area (TPSA) is 15.3 Å². The van der Waals surface area contributed by atoms with Gasteiger partial charge in [0, 0.05) is 36.4 Å². The molecule has 1 fully saturated rings. The first-order chi connectivity index (χ1) is 7.36. The third-order valence-corrected chi connectivity index (χ3v) is 3.84. The Hall–Kier alpha value is -0.730. The molecule has 1 unspecified atom stereocenters. The zero-order valence-corrected chi connectivity index (χ0v) is 9.43. The Bertz CT molecular complexity index is 378. The second-order valence-corrected chi connectivity index (χ2v) is 4.73. The Morgan fingerprint density at radius 3 is 3.27 bits per heavy atom. The zero-order chi connectivity index (χ0) is 10.3. The van der Waals surface area contributed by atoms with Crippen molar-refractivity contribution >= 4 is 17.3 Å². The van der Waals surface area contributed by atoms with Crippen LogP contribution in [0.15, 0.2) is 18.2 Å². The minimum atomic E-state index is 0.671. The molecule has 3 rings (SSSR count). The first-order valence-electron chi connectivity index (χ1n) is 5.61. The number of benzene rings is 1. The minimum Gasteiger partial charge on any atom is -0.366 e. The number of nitrogens with one attached hydrogen (secondary N) is 1. The van der Waals surface area contributed by atoms with Crippen molar-refractivity contribution in [1.29, 1.82) is 0 Å². The predicted molar refractivity (Wildman–Crippen MR) is 63.8 cm³/mol. The summed E-state index contributed by atoms with van der Waals surface area (Å²) in [5.74, 6) is 0. The molecule has 1 atom stereocenters. The Morgan fingerprint density at radius 2 is 2.33 bits per heavy atom. The average molecular weight is 223 g/mol. The Morgan fingerprint density at radius 1 is 1.40 bits per heavy atom. The summed E-state index contributed by atoms with van der Waals surface area (Å²) in [6.45, 7) is 3.31. The van der Waals surface area contributed by atoms with E-state index in [1.807, 2.05) is 6.07 Å². The molecule has 0 aliphatic carbocycles. The number of fused-ring (bicyclic) bond motifs is 3. The van der Waals surface area contributed by atoms with Crippen LogP contribution >= 0.6 is 11.6 Å². The molecule has 0 aromatic heterocycles. The lowest BCUT2D eigenvalue weighted by Gasteiger charge is -2.42. The van der Waals surface area contributed by atoms with Crippen LogP contribution in [0.4, 0.5) is 5.69 Å². The maximum Gasteiger partial charge on any atom is 0.0458 e. The van der Waals surface area contributed by atoms with Gasteiger partial charge in [-0.25, -0.2) is 0 Å². The lowest BCUT2D eigenvalue weighted by Crippen LogP contribution is -2.53. The summed E-state index contributed by atoms with van der Waals surface area (Å²) in [6.07, 6.45) is 2.35. The zero-order valence-electron chi connectivity index (χ0n) is 8.67. The lowest BCUT2D eigenvalue weighted by molar-refractivity contribution is 0.440. The van der Waals surface area contributed by atoms with Crippen molar-refractivity contribution in [2.75, 3.05) is 24.5 Å². The molecular weight excluding hydrogens is 208 g/mol. The number of nitrogens with zero attached hydrogens (tertiary/aromatic N) is 1. The van der Waals surface area contributed by atoms with Gasteiger partial charge in [-0.2, -0.15) is 0 Å². The van der Waals surface area contributed by atoms with Gasteiger partial charge >= 0.3 is 0 Å². The predicted octanol–water partition coefficient (Wildman–Crippen LogP) is 2.06. The van der Waals surface area contributed by atoms with Gasteiger partial charge in [0.05, 0.1) is 0 Å². The van der Waals surface area contributed by atoms with Crippen LogP contribution in [0.3, 0.4) is 0 Å². The maximum absolute atomic E-state index is 6.23.